The van der Waals surface area contributed by atoms with E-state index in [1.807, 2.05) is 0 Å². The van der Waals surface area contributed by atoms with E-state index in [4.69, 9.17) is 5.73 Å². The zero-order valence-electron chi connectivity index (χ0n) is 8.64. The van der Waals surface area contributed by atoms with Gasteiger partial charge in [-0.25, -0.2) is 12.8 Å². The Kier molecular flexibility index (Phi) is 2.86. The maximum Gasteiger partial charge on any atom is 0.239 e. The third-order valence-corrected chi connectivity index (χ3v) is 5.04. The van der Waals surface area contributed by atoms with E-state index in [-0.39, 0.29) is 12.4 Å². The summed E-state index contributed by atoms with van der Waals surface area (Å²) in [6.07, 6.45) is 0.524. The van der Waals surface area contributed by atoms with Crippen molar-refractivity contribution in [3.8, 4) is 0 Å². The predicted octanol–water partition coefficient (Wildman–Crippen LogP) is 0.693. The molecule has 1 aromatic carbocycles. The van der Waals surface area contributed by atoms with Crippen molar-refractivity contribution in [3.05, 3.63) is 30.1 Å². The summed E-state index contributed by atoms with van der Waals surface area (Å²) >= 11 is 0. The molecule has 0 aromatic heterocycles. The number of anilines is 1. The zero-order valence-corrected chi connectivity index (χ0v) is 9.45. The molecule has 0 aliphatic carbocycles. The molecule has 0 radical (unpaired) electrons. The highest BCUT2D eigenvalue weighted by atomic mass is 32.2. The molecule has 1 aliphatic heterocycles. The molecule has 1 aromatic rings. The van der Waals surface area contributed by atoms with Crippen molar-refractivity contribution in [2.24, 2.45) is 5.73 Å². The second-order valence-electron chi connectivity index (χ2n) is 3.74. The van der Waals surface area contributed by atoms with Crippen LogP contribution in [0, 0.1) is 5.82 Å². The van der Waals surface area contributed by atoms with Crippen molar-refractivity contribution < 1.29 is 12.8 Å². The molecule has 2 N–H and O–H groups in total. The average Bonchev–Trinajstić information content (AvgIpc) is 2.54. The molecule has 4 nitrogen and oxygen atoms in total. The van der Waals surface area contributed by atoms with Gasteiger partial charge in [-0.05, 0) is 30.7 Å². The number of rotatable bonds is 2. The maximum absolute atomic E-state index is 12.7. The van der Waals surface area contributed by atoms with Crippen LogP contribution in [0.1, 0.15) is 6.42 Å². The topological polar surface area (TPSA) is 63.4 Å². The van der Waals surface area contributed by atoms with E-state index >= 15 is 0 Å². The van der Waals surface area contributed by atoms with Gasteiger partial charge in [0, 0.05) is 13.1 Å². The van der Waals surface area contributed by atoms with Gasteiger partial charge in [0.15, 0.2) is 0 Å². The summed E-state index contributed by atoms with van der Waals surface area (Å²) in [5.41, 5.74) is 5.91. The fourth-order valence-electron chi connectivity index (χ4n) is 1.84. The molecular formula is C10H13FN2O2S. The van der Waals surface area contributed by atoms with Gasteiger partial charge >= 0.3 is 0 Å². The second-order valence-corrected chi connectivity index (χ2v) is 5.88. The highest BCUT2D eigenvalue weighted by Gasteiger charge is 2.37. The monoisotopic (exact) mass is 244 g/mol. The molecule has 0 bridgehead atoms. The minimum atomic E-state index is -3.36. The van der Waals surface area contributed by atoms with Crippen molar-refractivity contribution in [1.29, 1.82) is 0 Å². The largest absolute Gasteiger partial charge is 0.329 e. The Hall–Kier alpha value is -1.14. The lowest BCUT2D eigenvalue weighted by Gasteiger charge is -2.18. The van der Waals surface area contributed by atoms with Crippen LogP contribution in [-0.4, -0.2) is 26.8 Å². The van der Waals surface area contributed by atoms with E-state index in [0.717, 1.165) is 0 Å². The molecule has 0 spiro atoms. The van der Waals surface area contributed by atoms with Crippen molar-refractivity contribution in [3.63, 3.8) is 0 Å². The summed E-state index contributed by atoms with van der Waals surface area (Å²) < 4.78 is 37.9. The molecule has 16 heavy (non-hydrogen) atoms. The van der Waals surface area contributed by atoms with Gasteiger partial charge in [-0.2, -0.15) is 0 Å². The van der Waals surface area contributed by atoms with Gasteiger partial charge in [-0.3, -0.25) is 4.31 Å². The first-order chi connectivity index (χ1) is 7.55. The van der Waals surface area contributed by atoms with Gasteiger partial charge in [-0.1, -0.05) is 0 Å². The highest BCUT2D eigenvalue weighted by Crippen LogP contribution is 2.27. The molecule has 0 amide bonds. The number of sulfonamides is 1. The summed E-state index contributed by atoms with van der Waals surface area (Å²) in [5.74, 6) is -0.379. The summed E-state index contributed by atoms with van der Waals surface area (Å²) in [7, 11) is -3.36. The van der Waals surface area contributed by atoms with E-state index in [9.17, 15) is 12.8 Å². The molecule has 88 valence electrons. The van der Waals surface area contributed by atoms with E-state index in [1.54, 1.807) is 0 Å². The van der Waals surface area contributed by atoms with Crippen LogP contribution in [0.25, 0.3) is 0 Å². The number of benzene rings is 1. The van der Waals surface area contributed by atoms with E-state index < -0.39 is 15.3 Å². The van der Waals surface area contributed by atoms with Crippen LogP contribution in [0.2, 0.25) is 0 Å². The molecule has 0 saturated carbocycles. The second kappa shape index (κ2) is 4.03. The maximum atomic E-state index is 12.7. The number of halogens is 1. The van der Waals surface area contributed by atoms with Crippen LogP contribution in [0.15, 0.2) is 24.3 Å². The average molecular weight is 244 g/mol. The van der Waals surface area contributed by atoms with Crippen molar-refractivity contribution >= 4 is 15.7 Å². The molecule has 1 saturated heterocycles. The van der Waals surface area contributed by atoms with Gasteiger partial charge in [0.1, 0.15) is 5.82 Å². The molecule has 1 heterocycles. The van der Waals surface area contributed by atoms with Gasteiger partial charge < -0.3 is 5.73 Å². The zero-order chi connectivity index (χ0) is 11.8. The van der Waals surface area contributed by atoms with Gasteiger partial charge in [-0.15, -0.1) is 0 Å². The fraction of sp³-hybridized carbons (Fsp3) is 0.400. The first-order valence-corrected chi connectivity index (χ1v) is 6.53. The van der Waals surface area contributed by atoms with E-state index in [0.29, 0.717) is 18.7 Å². The normalized spacial score (nSPS) is 23.6. The van der Waals surface area contributed by atoms with Crippen molar-refractivity contribution in [2.75, 3.05) is 17.4 Å². The molecule has 1 aliphatic rings. The smallest absolute Gasteiger partial charge is 0.239 e. The van der Waals surface area contributed by atoms with Crippen molar-refractivity contribution in [1.82, 2.24) is 0 Å². The Morgan fingerprint density at radius 2 is 2.00 bits per heavy atom. The molecular weight excluding hydrogens is 231 g/mol. The lowest BCUT2D eigenvalue weighted by Crippen LogP contribution is -2.33. The summed E-state index contributed by atoms with van der Waals surface area (Å²) in [6, 6.07) is 5.43. The van der Waals surface area contributed by atoms with Crippen molar-refractivity contribution in [2.45, 2.75) is 11.7 Å². The molecule has 1 atom stereocenters. The van der Waals surface area contributed by atoms with Gasteiger partial charge in [0.25, 0.3) is 0 Å². The lowest BCUT2D eigenvalue weighted by molar-refractivity contribution is 0.588. The molecule has 2 rings (SSSR count). The Bertz CT molecular complexity index is 472. The van der Waals surface area contributed by atoms with Gasteiger partial charge in [0.2, 0.25) is 10.0 Å². The summed E-state index contributed by atoms with van der Waals surface area (Å²) in [6.45, 7) is 0.538. The van der Waals surface area contributed by atoms with Gasteiger partial charge in [0.05, 0.1) is 10.9 Å². The predicted molar refractivity (Wildman–Crippen MR) is 60.1 cm³/mol. The van der Waals surface area contributed by atoms with Crippen LogP contribution in [0.5, 0.6) is 0 Å². The molecule has 1 fully saturated rings. The Balaban J connectivity index is 2.33. The minimum absolute atomic E-state index is 0.125. The van der Waals surface area contributed by atoms with Crippen LogP contribution in [0.3, 0.4) is 0 Å². The minimum Gasteiger partial charge on any atom is -0.329 e. The summed E-state index contributed by atoms with van der Waals surface area (Å²) in [5, 5.41) is -0.516. The standard InChI is InChI=1S/C10H13FN2O2S/c11-8-1-3-9(4-2-8)13-6-5-10(7-12)16(13,14)15/h1-4,10H,5-7,12H2. The molecule has 1 unspecified atom stereocenters. The Morgan fingerprint density at radius 3 is 2.50 bits per heavy atom. The van der Waals surface area contributed by atoms with E-state index in [2.05, 4.69) is 0 Å². The van der Waals surface area contributed by atoms with Crippen LogP contribution < -0.4 is 10.0 Å². The lowest BCUT2D eigenvalue weighted by atomic mass is 10.3. The molecule has 6 heteroatoms. The number of hydrogen-bond acceptors (Lipinski definition) is 3. The number of nitrogens with zero attached hydrogens (tertiary/aromatic N) is 1. The van der Waals surface area contributed by atoms with Crippen LogP contribution in [-0.2, 0) is 10.0 Å². The first kappa shape index (κ1) is 11.3. The van der Waals surface area contributed by atoms with Crippen LogP contribution >= 0.6 is 0 Å². The third kappa shape index (κ3) is 1.78. The number of hydrogen-bond donors (Lipinski definition) is 1. The van der Waals surface area contributed by atoms with Crippen LogP contribution in [0.4, 0.5) is 10.1 Å². The Labute approximate surface area is 93.9 Å². The quantitative estimate of drug-likeness (QED) is 0.832. The first-order valence-electron chi connectivity index (χ1n) is 5.03. The third-order valence-electron chi connectivity index (χ3n) is 2.76. The highest BCUT2D eigenvalue weighted by molar-refractivity contribution is 7.93. The Morgan fingerprint density at radius 1 is 1.38 bits per heavy atom. The van der Waals surface area contributed by atoms with E-state index in [1.165, 1.54) is 28.6 Å². The summed E-state index contributed by atoms with van der Waals surface area (Å²) in [4.78, 5) is 0. The fourth-order valence-corrected chi connectivity index (χ4v) is 3.62. The number of nitrogens with two attached hydrogens (primary N) is 1. The SMILES string of the molecule is NCC1CCN(c2ccc(F)cc2)S1(=O)=O.